The normalized spacial score (nSPS) is 11.8. The minimum Gasteiger partial charge on any atom is -0.460 e. The van der Waals surface area contributed by atoms with Crippen molar-refractivity contribution in [2.45, 2.75) is 46.3 Å². The van der Waals surface area contributed by atoms with Gasteiger partial charge in [-0.25, -0.2) is 4.79 Å². The van der Waals surface area contributed by atoms with Gasteiger partial charge in [-0.15, -0.1) is 0 Å². The Morgan fingerprint density at radius 2 is 1.92 bits per heavy atom. The Morgan fingerprint density at radius 3 is 2.54 bits per heavy atom. The number of hydrogen-bond donors (Lipinski definition) is 0. The van der Waals surface area contributed by atoms with E-state index in [-0.39, 0.29) is 24.6 Å². The number of carbonyl (C=O) groups excluding carboxylic acids is 1. The lowest BCUT2D eigenvalue weighted by molar-refractivity contribution is -0.155. The zero-order valence-electron chi connectivity index (χ0n) is 14.5. The Kier molecular flexibility index (Phi) is 5.39. The highest BCUT2D eigenvalue weighted by Crippen LogP contribution is 2.08. The van der Waals surface area contributed by atoms with Gasteiger partial charge in [0.25, 0.3) is 0 Å². The second-order valence-electron chi connectivity index (χ2n) is 6.55. The first-order chi connectivity index (χ1) is 11.3. The highest BCUT2D eigenvalue weighted by molar-refractivity contribution is 5.79. The number of benzene rings is 1. The lowest BCUT2D eigenvalue weighted by Crippen LogP contribution is -2.27. The SMILES string of the molecule is Cc1cn(CCC(=O)OC(C)(C)C)c(=O)n1/N=C/c1ccccc1. The summed E-state index contributed by atoms with van der Waals surface area (Å²) in [6, 6.07) is 9.54. The maximum absolute atomic E-state index is 12.4. The molecule has 0 aliphatic heterocycles. The molecule has 0 amide bonds. The van der Waals surface area contributed by atoms with Crippen molar-refractivity contribution in [2.75, 3.05) is 0 Å². The largest absolute Gasteiger partial charge is 0.460 e. The molecule has 0 saturated carbocycles. The molecule has 2 aromatic rings. The van der Waals surface area contributed by atoms with Crippen LogP contribution in [0.4, 0.5) is 0 Å². The number of imidazole rings is 1. The number of aryl methyl sites for hydroxylation is 2. The third-order valence-corrected chi connectivity index (χ3v) is 3.20. The predicted molar refractivity (Wildman–Crippen MR) is 93.3 cm³/mol. The van der Waals surface area contributed by atoms with Crippen molar-refractivity contribution in [3.8, 4) is 0 Å². The molecule has 2 rings (SSSR count). The Hall–Kier alpha value is -2.63. The highest BCUT2D eigenvalue weighted by Gasteiger charge is 2.16. The molecular formula is C18H23N3O3. The van der Waals surface area contributed by atoms with Gasteiger partial charge >= 0.3 is 11.7 Å². The molecule has 0 atom stereocenters. The molecule has 0 aliphatic rings. The van der Waals surface area contributed by atoms with Crippen molar-refractivity contribution in [3.05, 3.63) is 58.3 Å². The van der Waals surface area contributed by atoms with Crippen LogP contribution < -0.4 is 5.69 Å². The lowest BCUT2D eigenvalue weighted by atomic mass is 10.2. The number of carbonyl (C=O) groups is 1. The first kappa shape index (κ1) is 17.7. The molecule has 0 bridgehead atoms. The van der Waals surface area contributed by atoms with Crippen LogP contribution in [0.25, 0.3) is 0 Å². The Balaban J connectivity index is 2.08. The summed E-state index contributed by atoms with van der Waals surface area (Å²) in [5.41, 5.74) is 0.814. The number of aromatic nitrogens is 2. The molecule has 6 nitrogen and oxygen atoms in total. The molecule has 128 valence electrons. The van der Waals surface area contributed by atoms with Crippen LogP contribution in [0.5, 0.6) is 0 Å². The van der Waals surface area contributed by atoms with E-state index in [1.54, 1.807) is 19.3 Å². The van der Waals surface area contributed by atoms with Crippen LogP contribution in [0.1, 0.15) is 38.4 Å². The summed E-state index contributed by atoms with van der Waals surface area (Å²) in [5, 5.41) is 4.22. The van der Waals surface area contributed by atoms with Gasteiger partial charge in [0.1, 0.15) is 5.60 Å². The fourth-order valence-corrected chi connectivity index (χ4v) is 2.18. The first-order valence-corrected chi connectivity index (χ1v) is 7.86. The van der Waals surface area contributed by atoms with Crippen LogP contribution in [0.15, 0.2) is 46.4 Å². The number of nitrogens with zero attached hydrogens (tertiary/aromatic N) is 3. The predicted octanol–water partition coefficient (Wildman–Crippen LogP) is 2.57. The Bertz CT molecular complexity index is 780. The van der Waals surface area contributed by atoms with Crippen molar-refractivity contribution in [1.29, 1.82) is 0 Å². The molecule has 1 aromatic heterocycles. The van der Waals surface area contributed by atoms with Gasteiger partial charge in [-0.05, 0) is 33.3 Å². The zero-order chi connectivity index (χ0) is 17.7. The number of ether oxygens (including phenoxy) is 1. The van der Waals surface area contributed by atoms with Crippen molar-refractivity contribution < 1.29 is 9.53 Å². The summed E-state index contributed by atoms with van der Waals surface area (Å²) in [6.07, 6.45) is 3.46. The van der Waals surface area contributed by atoms with E-state index >= 15 is 0 Å². The lowest BCUT2D eigenvalue weighted by Gasteiger charge is -2.19. The maximum atomic E-state index is 12.4. The number of hydrogen-bond acceptors (Lipinski definition) is 4. The molecule has 1 aromatic carbocycles. The van der Waals surface area contributed by atoms with E-state index in [4.69, 9.17) is 4.74 Å². The molecule has 0 unspecified atom stereocenters. The molecule has 0 spiro atoms. The molecule has 0 saturated heterocycles. The van der Waals surface area contributed by atoms with Gasteiger partial charge in [-0.3, -0.25) is 9.36 Å². The maximum Gasteiger partial charge on any atom is 0.349 e. The van der Waals surface area contributed by atoms with E-state index in [9.17, 15) is 9.59 Å². The molecule has 0 fully saturated rings. The Morgan fingerprint density at radius 1 is 1.25 bits per heavy atom. The smallest absolute Gasteiger partial charge is 0.349 e. The third kappa shape index (κ3) is 4.94. The quantitative estimate of drug-likeness (QED) is 0.625. The summed E-state index contributed by atoms with van der Waals surface area (Å²) in [6.45, 7) is 7.51. The summed E-state index contributed by atoms with van der Waals surface area (Å²) in [4.78, 5) is 24.1. The van der Waals surface area contributed by atoms with Crippen molar-refractivity contribution >= 4 is 12.2 Å². The second-order valence-corrected chi connectivity index (χ2v) is 6.55. The molecule has 0 aliphatic carbocycles. The van der Waals surface area contributed by atoms with E-state index in [1.165, 1.54) is 9.24 Å². The molecule has 0 N–H and O–H groups in total. The molecule has 0 radical (unpaired) electrons. The van der Waals surface area contributed by atoms with Gasteiger partial charge in [0.05, 0.1) is 18.3 Å². The molecule has 1 heterocycles. The fraction of sp³-hybridized carbons (Fsp3) is 0.389. The third-order valence-electron chi connectivity index (χ3n) is 3.20. The standard InChI is InChI=1S/C18H23N3O3/c1-14-13-20(11-10-16(22)24-18(2,3)4)17(23)21(14)19-12-15-8-6-5-7-9-15/h5-9,12-13H,10-11H2,1-4H3/b19-12+. The number of rotatable bonds is 5. The van der Waals surface area contributed by atoms with Crippen LogP contribution in [0.3, 0.4) is 0 Å². The summed E-state index contributed by atoms with van der Waals surface area (Å²) < 4.78 is 8.05. The molecular weight excluding hydrogens is 306 g/mol. The van der Waals surface area contributed by atoms with E-state index in [0.29, 0.717) is 5.69 Å². The average Bonchev–Trinajstić information content (AvgIpc) is 2.77. The van der Waals surface area contributed by atoms with Crippen molar-refractivity contribution in [3.63, 3.8) is 0 Å². The van der Waals surface area contributed by atoms with Crippen LogP contribution in [0.2, 0.25) is 0 Å². The monoisotopic (exact) mass is 329 g/mol. The van der Waals surface area contributed by atoms with E-state index in [2.05, 4.69) is 5.10 Å². The minimum absolute atomic E-state index is 0.142. The van der Waals surface area contributed by atoms with Crippen LogP contribution in [0, 0.1) is 6.92 Å². The summed E-state index contributed by atoms with van der Waals surface area (Å²) in [5.74, 6) is -0.326. The summed E-state index contributed by atoms with van der Waals surface area (Å²) in [7, 11) is 0. The van der Waals surface area contributed by atoms with Crippen LogP contribution >= 0.6 is 0 Å². The Labute approximate surface area is 141 Å². The van der Waals surface area contributed by atoms with E-state index in [1.807, 2.05) is 51.1 Å². The van der Waals surface area contributed by atoms with E-state index < -0.39 is 5.60 Å². The minimum atomic E-state index is -0.524. The zero-order valence-corrected chi connectivity index (χ0v) is 14.5. The number of esters is 1. The van der Waals surface area contributed by atoms with Crippen molar-refractivity contribution in [2.24, 2.45) is 5.10 Å². The second kappa shape index (κ2) is 7.29. The van der Waals surface area contributed by atoms with Gasteiger partial charge in [-0.2, -0.15) is 9.78 Å². The highest BCUT2D eigenvalue weighted by atomic mass is 16.6. The summed E-state index contributed by atoms with van der Waals surface area (Å²) >= 11 is 0. The van der Waals surface area contributed by atoms with E-state index in [0.717, 1.165) is 5.56 Å². The first-order valence-electron chi connectivity index (χ1n) is 7.86. The average molecular weight is 329 g/mol. The fourth-order valence-electron chi connectivity index (χ4n) is 2.18. The van der Waals surface area contributed by atoms with Gasteiger partial charge < -0.3 is 4.74 Å². The van der Waals surface area contributed by atoms with Crippen LogP contribution in [-0.4, -0.2) is 27.0 Å². The topological polar surface area (TPSA) is 65.6 Å². The van der Waals surface area contributed by atoms with Gasteiger partial charge in [0.15, 0.2) is 0 Å². The van der Waals surface area contributed by atoms with Gasteiger partial charge in [-0.1, -0.05) is 30.3 Å². The van der Waals surface area contributed by atoms with Gasteiger partial charge in [0.2, 0.25) is 0 Å². The molecule has 6 heteroatoms. The van der Waals surface area contributed by atoms with Crippen molar-refractivity contribution in [1.82, 2.24) is 9.24 Å². The molecule has 24 heavy (non-hydrogen) atoms. The van der Waals surface area contributed by atoms with Gasteiger partial charge in [0, 0.05) is 12.7 Å². The van der Waals surface area contributed by atoms with Crippen LogP contribution in [-0.2, 0) is 16.1 Å².